The Hall–Kier alpha value is -3.98. The lowest BCUT2D eigenvalue weighted by Gasteiger charge is -2.34. The normalized spacial score (nSPS) is 19.2. The van der Waals surface area contributed by atoms with Crippen molar-refractivity contribution in [2.45, 2.75) is 51.0 Å². The lowest BCUT2D eigenvalue weighted by molar-refractivity contribution is 0.0793. The maximum Gasteiger partial charge on any atom is 0.293 e. The minimum absolute atomic E-state index is 0.0384. The van der Waals surface area contributed by atoms with E-state index in [1.807, 2.05) is 31.3 Å². The second-order valence-corrected chi connectivity index (χ2v) is 10.3. The van der Waals surface area contributed by atoms with E-state index in [2.05, 4.69) is 27.5 Å². The van der Waals surface area contributed by atoms with Gasteiger partial charge in [-0.3, -0.25) is 14.3 Å². The van der Waals surface area contributed by atoms with Gasteiger partial charge in [-0.1, -0.05) is 18.2 Å². The molecule has 38 heavy (non-hydrogen) atoms. The van der Waals surface area contributed by atoms with Gasteiger partial charge >= 0.3 is 0 Å². The molecule has 0 spiro atoms. The number of fused-ring (bicyclic) bond motifs is 1. The first-order valence-electron chi connectivity index (χ1n) is 13.3. The van der Waals surface area contributed by atoms with Crippen molar-refractivity contribution >= 4 is 17.4 Å². The number of hydrogen-bond acceptors (Lipinski definition) is 6. The summed E-state index contributed by atoms with van der Waals surface area (Å²) < 4.78 is 3.27. The summed E-state index contributed by atoms with van der Waals surface area (Å²) in [5.74, 6) is 0.542. The molecule has 196 valence electrons. The van der Waals surface area contributed by atoms with Gasteiger partial charge < -0.3 is 19.9 Å². The number of aliphatic hydroxyl groups excluding tert-OH is 1. The zero-order valence-electron chi connectivity index (χ0n) is 21.7. The first-order valence-corrected chi connectivity index (χ1v) is 13.3. The molecule has 1 atom stereocenters. The number of aromatic nitrogens is 4. The molecule has 6 rings (SSSR count). The van der Waals surface area contributed by atoms with Gasteiger partial charge in [0, 0.05) is 49.7 Å². The van der Waals surface area contributed by atoms with Crippen molar-refractivity contribution in [3.05, 3.63) is 92.9 Å². The molecule has 2 N–H and O–H groups in total. The molecule has 1 amide bonds. The van der Waals surface area contributed by atoms with E-state index < -0.39 is 0 Å². The summed E-state index contributed by atoms with van der Waals surface area (Å²) in [5, 5.41) is 17.9. The third-order valence-electron chi connectivity index (χ3n) is 7.78. The number of aliphatic hydroxyl groups is 1. The molecule has 1 unspecified atom stereocenters. The Labute approximate surface area is 221 Å². The topological polar surface area (TPSA) is 105 Å². The van der Waals surface area contributed by atoms with Crippen molar-refractivity contribution in [1.29, 1.82) is 0 Å². The number of nitrogens with zero attached hydrogens (tertiary/aromatic N) is 5. The number of amides is 1. The van der Waals surface area contributed by atoms with Gasteiger partial charge in [0.1, 0.15) is 0 Å². The van der Waals surface area contributed by atoms with E-state index in [0.717, 1.165) is 35.4 Å². The number of carbonyl (C=O) groups excluding carboxylic acids is 1. The van der Waals surface area contributed by atoms with Crippen molar-refractivity contribution in [3.8, 4) is 0 Å². The van der Waals surface area contributed by atoms with E-state index in [1.54, 1.807) is 29.0 Å². The highest BCUT2D eigenvalue weighted by atomic mass is 16.3. The number of carbonyl (C=O) groups is 1. The fourth-order valence-electron chi connectivity index (χ4n) is 5.52. The Kier molecular flexibility index (Phi) is 6.23. The first kappa shape index (κ1) is 24.4. The number of hydrogen-bond donors (Lipinski definition) is 2. The van der Waals surface area contributed by atoms with Gasteiger partial charge in [0.2, 0.25) is 0 Å². The summed E-state index contributed by atoms with van der Waals surface area (Å²) in [5.41, 5.74) is 5.72. The zero-order chi connectivity index (χ0) is 26.4. The molecular formula is C29H32N6O3. The van der Waals surface area contributed by atoms with Crippen LogP contribution in [0.5, 0.6) is 0 Å². The predicted octanol–water partition coefficient (Wildman–Crippen LogP) is 3.61. The first-order chi connectivity index (χ1) is 18.5. The van der Waals surface area contributed by atoms with Gasteiger partial charge in [0.05, 0.1) is 24.2 Å². The quantitative estimate of drug-likeness (QED) is 0.501. The van der Waals surface area contributed by atoms with Crippen molar-refractivity contribution < 1.29 is 9.90 Å². The monoisotopic (exact) mass is 512 g/mol. The van der Waals surface area contributed by atoms with E-state index in [-0.39, 0.29) is 29.8 Å². The van der Waals surface area contributed by atoms with Gasteiger partial charge in [-0.2, -0.15) is 5.10 Å². The SMILES string of the molecule is CCn1cc(Nc2nc(C3CC=CC(N4CCc5cc(C6CC6)ccc5C4=O)=C3CO)cn(C)c2=O)cn1. The van der Waals surface area contributed by atoms with Crippen LogP contribution in [0.3, 0.4) is 0 Å². The molecule has 1 aromatic carbocycles. The predicted molar refractivity (Wildman–Crippen MR) is 144 cm³/mol. The lowest BCUT2D eigenvalue weighted by atomic mass is 9.86. The van der Waals surface area contributed by atoms with Crippen LogP contribution in [0.2, 0.25) is 0 Å². The molecule has 2 aliphatic carbocycles. The average molecular weight is 513 g/mol. The summed E-state index contributed by atoms with van der Waals surface area (Å²) in [6, 6.07) is 6.26. The summed E-state index contributed by atoms with van der Waals surface area (Å²) in [6.45, 7) is 3.06. The summed E-state index contributed by atoms with van der Waals surface area (Å²) in [6.07, 6.45) is 13.0. The molecule has 1 fully saturated rings. The number of benzene rings is 1. The number of rotatable bonds is 7. The van der Waals surface area contributed by atoms with E-state index >= 15 is 0 Å². The molecule has 0 radical (unpaired) electrons. The highest BCUT2D eigenvalue weighted by Crippen LogP contribution is 2.41. The second kappa shape index (κ2) is 9.72. The Morgan fingerprint density at radius 2 is 2.03 bits per heavy atom. The van der Waals surface area contributed by atoms with E-state index in [4.69, 9.17) is 0 Å². The van der Waals surface area contributed by atoms with Crippen LogP contribution in [0, 0.1) is 0 Å². The largest absolute Gasteiger partial charge is 0.392 e. The van der Waals surface area contributed by atoms with Crippen LogP contribution in [-0.2, 0) is 20.0 Å². The maximum absolute atomic E-state index is 13.6. The highest BCUT2D eigenvalue weighted by molar-refractivity contribution is 5.98. The van der Waals surface area contributed by atoms with Gasteiger partial charge in [-0.15, -0.1) is 0 Å². The molecule has 3 heterocycles. The zero-order valence-corrected chi connectivity index (χ0v) is 21.7. The minimum atomic E-state index is -0.267. The van der Waals surface area contributed by atoms with E-state index in [0.29, 0.717) is 30.3 Å². The Morgan fingerprint density at radius 3 is 2.76 bits per heavy atom. The molecular weight excluding hydrogens is 480 g/mol. The molecule has 3 aliphatic rings. The van der Waals surface area contributed by atoms with Crippen LogP contribution in [0.4, 0.5) is 11.5 Å². The van der Waals surface area contributed by atoms with E-state index in [9.17, 15) is 14.7 Å². The number of allylic oxidation sites excluding steroid dienone is 2. The van der Waals surface area contributed by atoms with Crippen LogP contribution in [0.15, 0.2) is 65.0 Å². The van der Waals surface area contributed by atoms with Crippen LogP contribution in [0.25, 0.3) is 0 Å². The second-order valence-electron chi connectivity index (χ2n) is 10.3. The number of nitrogens with one attached hydrogen (secondary N) is 1. The molecule has 3 aromatic rings. The number of aryl methyl sites for hydroxylation is 2. The standard InChI is InChI=1S/C29H32N6O3/c1-3-34-15-21(14-30-34)31-27-29(38)33(2)16-25(32-27)23-5-4-6-26(24(23)17-36)35-12-11-20-13-19(18-7-8-18)9-10-22(20)28(35)37/h4,6,9-10,13-16,18,23,36H,3,5,7-8,11-12,17H2,1-2H3,(H,31,32). The maximum atomic E-state index is 13.6. The summed E-state index contributed by atoms with van der Waals surface area (Å²) in [7, 11) is 1.69. The minimum Gasteiger partial charge on any atom is -0.392 e. The van der Waals surface area contributed by atoms with E-state index in [1.165, 1.54) is 23.0 Å². The Balaban J connectivity index is 1.33. The average Bonchev–Trinajstić information content (AvgIpc) is 3.69. The lowest BCUT2D eigenvalue weighted by Crippen LogP contribution is -2.38. The molecule has 1 aliphatic heterocycles. The van der Waals surface area contributed by atoms with Gasteiger partial charge in [0.15, 0.2) is 5.82 Å². The van der Waals surface area contributed by atoms with Crippen molar-refractivity contribution in [3.63, 3.8) is 0 Å². The Morgan fingerprint density at radius 1 is 1.18 bits per heavy atom. The third-order valence-corrected chi connectivity index (χ3v) is 7.78. The fourth-order valence-corrected chi connectivity index (χ4v) is 5.52. The fraction of sp³-hybridized carbons (Fsp3) is 0.379. The molecule has 2 aromatic heterocycles. The van der Waals surface area contributed by atoms with Crippen LogP contribution in [0.1, 0.15) is 65.2 Å². The third kappa shape index (κ3) is 4.36. The smallest absolute Gasteiger partial charge is 0.293 e. The van der Waals surface area contributed by atoms with Crippen LogP contribution < -0.4 is 10.9 Å². The molecule has 9 nitrogen and oxygen atoms in total. The van der Waals surface area contributed by atoms with Gasteiger partial charge in [-0.25, -0.2) is 4.98 Å². The van der Waals surface area contributed by atoms with Gasteiger partial charge in [-0.05, 0) is 67.4 Å². The van der Waals surface area contributed by atoms with Crippen molar-refractivity contribution in [1.82, 2.24) is 24.2 Å². The molecule has 0 bridgehead atoms. The van der Waals surface area contributed by atoms with Gasteiger partial charge in [0.25, 0.3) is 11.5 Å². The van der Waals surface area contributed by atoms with Crippen molar-refractivity contribution in [2.75, 3.05) is 18.5 Å². The molecule has 0 saturated heterocycles. The highest BCUT2D eigenvalue weighted by Gasteiger charge is 2.33. The summed E-state index contributed by atoms with van der Waals surface area (Å²) in [4.78, 5) is 32.9. The van der Waals surface area contributed by atoms with Crippen LogP contribution in [-0.4, -0.2) is 48.4 Å². The summed E-state index contributed by atoms with van der Waals surface area (Å²) >= 11 is 0. The Bertz CT molecular complexity index is 1530. The van der Waals surface area contributed by atoms with Crippen molar-refractivity contribution in [2.24, 2.45) is 7.05 Å². The molecule has 9 heteroatoms. The van der Waals surface area contributed by atoms with Crippen LogP contribution >= 0.6 is 0 Å². The molecule has 1 saturated carbocycles. The number of anilines is 2.